The molecule has 0 unspecified atom stereocenters. The lowest BCUT2D eigenvalue weighted by Crippen LogP contribution is -2.25. The Morgan fingerprint density at radius 2 is 1.74 bits per heavy atom. The van der Waals surface area contributed by atoms with Crippen LogP contribution in [0.3, 0.4) is 0 Å². The Balaban J connectivity index is 1.88. The lowest BCUT2D eigenvalue weighted by molar-refractivity contribution is 0.568. The van der Waals surface area contributed by atoms with Crippen LogP contribution in [0.1, 0.15) is 25.7 Å². The molecule has 0 heterocycles. The number of anilines is 2. The molecule has 0 atom stereocenters. The third-order valence-corrected chi connectivity index (χ3v) is 4.92. The number of benzene rings is 1. The molecule has 3 rings (SSSR count). The number of hydrogen-bond acceptors (Lipinski definition) is 4. The molecule has 1 aromatic rings. The number of nitrogens with two attached hydrogens (primary N) is 2. The van der Waals surface area contributed by atoms with Crippen LogP contribution in [0, 0.1) is 11.8 Å². The van der Waals surface area contributed by atoms with Crippen LogP contribution in [0.25, 0.3) is 0 Å². The Hall–Kier alpha value is -1.27. The Labute approximate surface area is 113 Å². The second-order valence-electron chi connectivity index (χ2n) is 5.61. The largest absolute Gasteiger partial charge is 0.396 e. The van der Waals surface area contributed by atoms with E-state index in [0.717, 1.165) is 0 Å². The highest BCUT2D eigenvalue weighted by atomic mass is 32.2. The van der Waals surface area contributed by atoms with Gasteiger partial charge in [0, 0.05) is 6.04 Å². The third-order valence-electron chi connectivity index (χ3n) is 3.95. The van der Waals surface area contributed by atoms with E-state index in [9.17, 15) is 8.42 Å². The summed E-state index contributed by atoms with van der Waals surface area (Å²) < 4.78 is 22.9. The first-order valence-electron chi connectivity index (χ1n) is 6.64. The summed E-state index contributed by atoms with van der Waals surface area (Å²) in [6.07, 6.45) is 5.01. The predicted octanol–water partition coefficient (Wildman–Crippen LogP) is 1.52. The summed E-state index contributed by atoms with van der Waals surface area (Å²) >= 11 is 0. The molecule has 0 aromatic heterocycles. The van der Waals surface area contributed by atoms with Crippen LogP contribution in [-0.4, -0.2) is 14.5 Å². The summed E-state index contributed by atoms with van der Waals surface area (Å²) in [6, 6.07) is 5.37. The molecule has 6 heteroatoms. The van der Waals surface area contributed by atoms with Crippen molar-refractivity contribution in [2.24, 2.45) is 17.0 Å². The maximum absolute atomic E-state index is 11.5. The Kier molecular flexibility index (Phi) is 2.94. The molecule has 0 spiro atoms. The van der Waals surface area contributed by atoms with Gasteiger partial charge in [-0.1, -0.05) is 6.07 Å². The van der Waals surface area contributed by atoms with Crippen molar-refractivity contribution in [1.29, 1.82) is 0 Å². The Morgan fingerprint density at radius 3 is 2.21 bits per heavy atom. The number of primary sulfonamides is 1. The van der Waals surface area contributed by atoms with Crippen molar-refractivity contribution in [1.82, 2.24) is 0 Å². The number of para-hydroxylation sites is 1. The van der Waals surface area contributed by atoms with E-state index < -0.39 is 10.0 Å². The minimum atomic E-state index is -3.77. The highest BCUT2D eigenvalue weighted by Crippen LogP contribution is 2.46. The molecule has 5 N–H and O–H groups in total. The molecule has 19 heavy (non-hydrogen) atoms. The van der Waals surface area contributed by atoms with Gasteiger partial charge in [0.2, 0.25) is 10.0 Å². The van der Waals surface area contributed by atoms with Gasteiger partial charge in [-0.05, 0) is 49.7 Å². The second kappa shape index (κ2) is 4.38. The van der Waals surface area contributed by atoms with Crippen molar-refractivity contribution in [2.45, 2.75) is 36.6 Å². The molecule has 0 aliphatic heterocycles. The van der Waals surface area contributed by atoms with Crippen LogP contribution in [0.4, 0.5) is 11.4 Å². The number of hydrogen-bond donors (Lipinski definition) is 3. The highest BCUT2D eigenvalue weighted by molar-refractivity contribution is 7.89. The maximum Gasteiger partial charge on any atom is 0.240 e. The zero-order valence-corrected chi connectivity index (χ0v) is 11.5. The lowest BCUT2D eigenvalue weighted by Gasteiger charge is -2.21. The number of sulfonamides is 1. The first-order valence-corrected chi connectivity index (χ1v) is 8.19. The molecule has 5 nitrogen and oxygen atoms in total. The molecular formula is C13H19N3O2S. The van der Waals surface area contributed by atoms with Gasteiger partial charge in [0.05, 0.1) is 11.4 Å². The average Bonchev–Trinajstić information content (AvgIpc) is 3.19. The predicted molar refractivity (Wildman–Crippen MR) is 75.1 cm³/mol. The lowest BCUT2D eigenvalue weighted by atomic mass is 10.1. The zero-order valence-electron chi connectivity index (χ0n) is 10.7. The van der Waals surface area contributed by atoms with E-state index in [-0.39, 0.29) is 10.6 Å². The summed E-state index contributed by atoms with van der Waals surface area (Å²) in [4.78, 5) is 0.00263. The van der Waals surface area contributed by atoms with Crippen LogP contribution < -0.4 is 16.2 Å². The van der Waals surface area contributed by atoms with E-state index in [1.54, 1.807) is 6.07 Å². The van der Waals surface area contributed by atoms with Gasteiger partial charge in [0.1, 0.15) is 4.90 Å². The summed E-state index contributed by atoms with van der Waals surface area (Å²) in [6.45, 7) is 0. The van der Waals surface area contributed by atoms with Crippen LogP contribution in [0.2, 0.25) is 0 Å². The summed E-state index contributed by atoms with van der Waals surface area (Å²) in [5, 5.41) is 8.60. The number of rotatable bonds is 5. The summed E-state index contributed by atoms with van der Waals surface area (Å²) in [5.74, 6) is 1.43. The molecule has 0 radical (unpaired) electrons. The molecule has 0 bridgehead atoms. The van der Waals surface area contributed by atoms with Gasteiger partial charge in [-0.15, -0.1) is 0 Å². The van der Waals surface area contributed by atoms with Crippen molar-refractivity contribution in [3.8, 4) is 0 Å². The third kappa shape index (κ3) is 2.69. The molecular weight excluding hydrogens is 262 g/mol. The van der Waals surface area contributed by atoms with Crippen molar-refractivity contribution < 1.29 is 8.42 Å². The van der Waals surface area contributed by atoms with Crippen molar-refractivity contribution >= 4 is 21.4 Å². The summed E-state index contributed by atoms with van der Waals surface area (Å²) in [5.41, 5.74) is 6.86. The monoisotopic (exact) mass is 281 g/mol. The molecule has 1 aromatic carbocycles. The first-order chi connectivity index (χ1) is 8.97. The smallest absolute Gasteiger partial charge is 0.240 e. The van der Waals surface area contributed by atoms with E-state index in [1.807, 2.05) is 6.07 Å². The molecule has 0 amide bonds. The quantitative estimate of drug-likeness (QED) is 0.713. The fraction of sp³-hybridized carbons (Fsp3) is 0.538. The van der Waals surface area contributed by atoms with Crippen molar-refractivity contribution in [3.05, 3.63) is 18.2 Å². The Bertz CT molecular complexity index is 580. The van der Waals surface area contributed by atoms with Crippen molar-refractivity contribution in [3.63, 3.8) is 0 Å². The minimum absolute atomic E-state index is 0.00263. The van der Waals surface area contributed by atoms with Gasteiger partial charge in [-0.25, -0.2) is 13.6 Å². The van der Waals surface area contributed by atoms with Crippen LogP contribution in [0.5, 0.6) is 0 Å². The fourth-order valence-electron chi connectivity index (χ4n) is 2.63. The molecule has 0 saturated heterocycles. The fourth-order valence-corrected chi connectivity index (χ4v) is 3.31. The number of nitrogen functional groups attached to an aromatic ring is 1. The van der Waals surface area contributed by atoms with Crippen molar-refractivity contribution in [2.75, 3.05) is 11.1 Å². The molecule has 2 saturated carbocycles. The van der Waals surface area contributed by atoms with Gasteiger partial charge < -0.3 is 11.1 Å². The highest BCUT2D eigenvalue weighted by Gasteiger charge is 2.41. The van der Waals surface area contributed by atoms with Gasteiger partial charge in [0.25, 0.3) is 0 Å². The molecule has 2 fully saturated rings. The van der Waals surface area contributed by atoms with E-state index in [0.29, 0.717) is 23.6 Å². The van der Waals surface area contributed by atoms with E-state index >= 15 is 0 Å². The van der Waals surface area contributed by atoms with Crippen LogP contribution >= 0.6 is 0 Å². The normalized spacial score (nSPS) is 19.7. The van der Waals surface area contributed by atoms with E-state index in [4.69, 9.17) is 10.9 Å². The van der Waals surface area contributed by atoms with Gasteiger partial charge in [0.15, 0.2) is 0 Å². The maximum atomic E-state index is 11.5. The minimum Gasteiger partial charge on any atom is -0.396 e. The molecule has 2 aliphatic rings. The second-order valence-corrected chi connectivity index (χ2v) is 7.14. The topological polar surface area (TPSA) is 98.2 Å². The average molecular weight is 281 g/mol. The standard InChI is InChI=1S/C13H19N3O2S/c14-12-10(2-1-3-11(12)19(15,17)18)16-13(8-4-5-8)9-6-7-9/h1-3,8-9,13,16H,4-7,14H2,(H2,15,17,18). The zero-order chi connectivity index (χ0) is 13.6. The van der Waals surface area contributed by atoms with E-state index in [2.05, 4.69) is 5.32 Å². The van der Waals surface area contributed by atoms with Crippen LogP contribution in [0.15, 0.2) is 23.1 Å². The Morgan fingerprint density at radius 1 is 1.16 bits per heavy atom. The van der Waals surface area contributed by atoms with E-state index in [1.165, 1.54) is 31.7 Å². The van der Waals surface area contributed by atoms with Gasteiger partial charge in [-0.2, -0.15) is 0 Å². The van der Waals surface area contributed by atoms with Gasteiger partial charge >= 0.3 is 0 Å². The first kappa shape index (κ1) is 12.7. The molecule has 104 valence electrons. The summed E-state index contributed by atoms with van der Waals surface area (Å²) in [7, 11) is -3.77. The van der Waals surface area contributed by atoms with Gasteiger partial charge in [-0.3, -0.25) is 0 Å². The number of nitrogens with one attached hydrogen (secondary N) is 1. The van der Waals surface area contributed by atoms with Crippen LogP contribution in [-0.2, 0) is 10.0 Å². The molecule has 2 aliphatic carbocycles. The SMILES string of the molecule is Nc1c(NC(C2CC2)C2CC2)cccc1S(N)(=O)=O.